The minimum Gasteiger partial charge on any atom is -0.355 e. The van der Waals surface area contributed by atoms with E-state index in [2.05, 4.69) is 16.0 Å². The van der Waals surface area contributed by atoms with Gasteiger partial charge in [0.15, 0.2) is 0 Å². The zero-order chi connectivity index (χ0) is 13.2. The molecule has 100 valence electrons. The maximum Gasteiger partial charge on any atom is 0.252 e. The van der Waals surface area contributed by atoms with Gasteiger partial charge in [0.25, 0.3) is 5.91 Å². The first-order chi connectivity index (χ1) is 8.74. The van der Waals surface area contributed by atoms with Crippen molar-refractivity contribution in [1.82, 2.24) is 16.0 Å². The number of carbonyl (C=O) groups is 2. The summed E-state index contributed by atoms with van der Waals surface area (Å²) in [6.45, 7) is 4.66. The summed E-state index contributed by atoms with van der Waals surface area (Å²) in [6.07, 6.45) is 0.308. The number of rotatable bonds is 8. The minimum absolute atomic E-state index is 0.0430. The second-order valence-electron chi connectivity index (χ2n) is 3.72. The first-order valence-electron chi connectivity index (χ1n) is 6.02. The molecule has 0 aromatic carbocycles. The van der Waals surface area contributed by atoms with Crippen molar-refractivity contribution in [2.24, 2.45) is 0 Å². The number of carbonyl (C=O) groups excluding carboxylic acids is 2. The molecule has 1 aromatic heterocycles. The quantitative estimate of drug-likeness (QED) is 0.605. The van der Waals surface area contributed by atoms with Crippen LogP contribution in [-0.4, -0.2) is 38.0 Å². The SMILES string of the molecule is CCNCCNC(=O)CCNC(=O)c1ccsc1. The Hall–Kier alpha value is -1.40. The van der Waals surface area contributed by atoms with Gasteiger partial charge in [0.1, 0.15) is 0 Å². The minimum atomic E-state index is -0.128. The van der Waals surface area contributed by atoms with Gasteiger partial charge < -0.3 is 16.0 Å². The van der Waals surface area contributed by atoms with E-state index in [0.29, 0.717) is 25.1 Å². The molecule has 0 fully saturated rings. The van der Waals surface area contributed by atoms with Gasteiger partial charge in [-0.15, -0.1) is 0 Å². The summed E-state index contributed by atoms with van der Waals surface area (Å²) in [5.41, 5.74) is 0.646. The summed E-state index contributed by atoms with van der Waals surface area (Å²) in [5.74, 6) is -0.171. The van der Waals surface area contributed by atoms with Gasteiger partial charge in [0.2, 0.25) is 5.91 Å². The molecule has 0 aliphatic heterocycles. The molecule has 2 amide bonds. The van der Waals surface area contributed by atoms with Crippen LogP contribution in [0.1, 0.15) is 23.7 Å². The maximum atomic E-state index is 11.5. The second kappa shape index (κ2) is 8.66. The largest absolute Gasteiger partial charge is 0.355 e. The molecule has 0 aliphatic carbocycles. The van der Waals surface area contributed by atoms with Crippen molar-refractivity contribution in [3.63, 3.8) is 0 Å². The summed E-state index contributed by atoms with van der Waals surface area (Å²) in [4.78, 5) is 22.9. The van der Waals surface area contributed by atoms with E-state index in [9.17, 15) is 9.59 Å². The van der Waals surface area contributed by atoms with E-state index in [1.54, 1.807) is 11.4 Å². The molecule has 1 aromatic rings. The van der Waals surface area contributed by atoms with E-state index in [0.717, 1.165) is 13.1 Å². The molecule has 0 spiro atoms. The molecule has 1 heterocycles. The summed E-state index contributed by atoms with van der Waals surface area (Å²) >= 11 is 1.48. The van der Waals surface area contributed by atoms with E-state index in [4.69, 9.17) is 0 Å². The Morgan fingerprint density at radius 3 is 2.72 bits per heavy atom. The molecule has 0 saturated heterocycles. The van der Waals surface area contributed by atoms with Crippen LogP contribution in [0.15, 0.2) is 16.8 Å². The third-order valence-electron chi connectivity index (χ3n) is 2.29. The van der Waals surface area contributed by atoms with Crippen LogP contribution in [0.2, 0.25) is 0 Å². The van der Waals surface area contributed by atoms with Crippen LogP contribution in [0.5, 0.6) is 0 Å². The molecule has 5 nitrogen and oxygen atoms in total. The normalized spacial score (nSPS) is 10.1. The van der Waals surface area contributed by atoms with Crippen LogP contribution in [0.25, 0.3) is 0 Å². The number of thiophene rings is 1. The summed E-state index contributed by atoms with van der Waals surface area (Å²) in [7, 11) is 0. The van der Waals surface area contributed by atoms with Crippen LogP contribution in [0.3, 0.4) is 0 Å². The third-order valence-corrected chi connectivity index (χ3v) is 2.98. The molecule has 18 heavy (non-hydrogen) atoms. The van der Waals surface area contributed by atoms with Crippen LogP contribution in [0.4, 0.5) is 0 Å². The molecular weight excluding hydrogens is 250 g/mol. The Morgan fingerprint density at radius 1 is 1.22 bits per heavy atom. The molecule has 0 atom stereocenters. The monoisotopic (exact) mass is 269 g/mol. The number of likely N-dealkylation sites (N-methyl/N-ethyl adjacent to an activating group) is 1. The van der Waals surface area contributed by atoms with Gasteiger partial charge >= 0.3 is 0 Å². The van der Waals surface area contributed by atoms with Crippen molar-refractivity contribution < 1.29 is 9.59 Å². The zero-order valence-corrected chi connectivity index (χ0v) is 11.3. The lowest BCUT2D eigenvalue weighted by atomic mass is 10.3. The summed E-state index contributed by atoms with van der Waals surface area (Å²) < 4.78 is 0. The van der Waals surface area contributed by atoms with Gasteiger partial charge in [-0.05, 0) is 18.0 Å². The lowest BCUT2D eigenvalue weighted by Crippen LogP contribution is -2.34. The Labute approximate surface area is 111 Å². The lowest BCUT2D eigenvalue weighted by Gasteiger charge is -2.06. The zero-order valence-electron chi connectivity index (χ0n) is 10.5. The van der Waals surface area contributed by atoms with Crippen molar-refractivity contribution >= 4 is 23.2 Å². The first-order valence-corrected chi connectivity index (χ1v) is 6.96. The number of hydrogen-bond acceptors (Lipinski definition) is 4. The highest BCUT2D eigenvalue weighted by Gasteiger charge is 2.06. The highest BCUT2D eigenvalue weighted by Crippen LogP contribution is 2.04. The van der Waals surface area contributed by atoms with Gasteiger partial charge in [-0.2, -0.15) is 11.3 Å². The predicted octanol–water partition coefficient (Wildman–Crippen LogP) is 0.594. The standard InChI is InChI=1S/C12H19N3O2S/c1-2-13-6-7-14-11(16)3-5-15-12(17)10-4-8-18-9-10/h4,8-9,13H,2-3,5-7H2,1H3,(H,14,16)(H,15,17). The smallest absolute Gasteiger partial charge is 0.252 e. The predicted molar refractivity (Wildman–Crippen MR) is 72.8 cm³/mol. The van der Waals surface area contributed by atoms with Gasteiger partial charge in [-0.3, -0.25) is 9.59 Å². The number of hydrogen-bond donors (Lipinski definition) is 3. The molecule has 1 rings (SSSR count). The average Bonchev–Trinajstić information content (AvgIpc) is 2.88. The van der Waals surface area contributed by atoms with Crippen LogP contribution in [0, 0.1) is 0 Å². The van der Waals surface area contributed by atoms with E-state index < -0.39 is 0 Å². The van der Waals surface area contributed by atoms with E-state index in [1.165, 1.54) is 11.3 Å². The van der Waals surface area contributed by atoms with Gasteiger partial charge in [-0.25, -0.2) is 0 Å². The first kappa shape index (κ1) is 14.7. The number of nitrogens with one attached hydrogen (secondary N) is 3. The molecule has 0 aliphatic rings. The van der Waals surface area contributed by atoms with Crippen molar-refractivity contribution in [1.29, 1.82) is 0 Å². The highest BCUT2D eigenvalue weighted by molar-refractivity contribution is 7.08. The second-order valence-corrected chi connectivity index (χ2v) is 4.50. The Bertz CT molecular complexity index is 365. The molecule has 6 heteroatoms. The highest BCUT2D eigenvalue weighted by atomic mass is 32.1. The van der Waals surface area contributed by atoms with Crippen LogP contribution in [-0.2, 0) is 4.79 Å². The molecule has 0 bridgehead atoms. The van der Waals surface area contributed by atoms with Crippen LogP contribution < -0.4 is 16.0 Å². The Morgan fingerprint density at radius 2 is 2.06 bits per heavy atom. The summed E-state index contributed by atoms with van der Waals surface area (Å²) in [6, 6.07) is 1.76. The van der Waals surface area contributed by atoms with Crippen LogP contribution >= 0.6 is 11.3 Å². The van der Waals surface area contributed by atoms with Crippen molar-refractivity contribution in [3.05, 3.63) is 22.4 Å². The summed E-state index contributed by atoms with van der Waals surface area (Å²) in [5, 5.41) is 12.2. The maximum absolute atomic E-state index is 11.5. The van der Waals surface area contributed by atoms with E-state index >= 15 is 0 Å². The molecule has 3 N–H and O–H groups in total. The van der Waals surface area contributed by atoms with Crippen molar-refractivity contribution in [2.45, 2.75) is 13.3 Å². The van der Waals surface area contributed by atoms with Gasteiger partial charge in [0.05, 0.1) is 0 Å². The van der Waals surface area contributed by atoms with Crippen molar-refractivity contribution in [3.8, 4) is 0 Å². The van der Waals surface area contributed by atoms with Crippen molar-refractivity contribution in [2.75, 3.05) is 26.2 Å². The molecular formula is C12H19N3O2S. The van der Waals surface area contributed by atoms with Gasteiger partial charge in [-0.1, -0.05) is 6.92 Å². The molecule has 0 unspecified atom stereocenters. The Balaban J connectivity index is 2.07. The number of amides is 2. The molecule has 0 saturated carbocycles. The fraction of sp³-hybridized carbons (Fsp3) is 0.500. The topological polar surface area (TPSA) is 70.2 Å². The van der Waals surface area contributed by atoms with E-state index in [-0.39, 0.29) is 11.8 Å². The fourth-order valence-electron chi connectivity index (χ4n) is 1.34. The molecule has 0 radical (unpaired) electrons. The fourth-order valence-corrected chi connectivity index (χ4v) is 1.98. The average molecular weight is 269 g/mol. The third kappa shape index (κ3) is 5.79. The van der Waals surface area contributed by atoms with Gasteiger partial charge in [0, 0.05) is 37.0 Å². The lowest BCUT2D eigenvalue weighted by molar-refractivity contribution is -0.120. The van der Waals surface area contributed by atoms with E-state index in [1.807, 2.05) is 12.3 Å². The Kier molecular flexibility index (Phi) is 7.05.